The Balaban J connectivity index is 1.94. The van der Waals surface area contributed by atoms with E-state index in [1.54, 1.807) is 10.6 Å². The molecule has 2 heterocycles. The highest BCUT2D eigenvalue weighted by atomic mass is 32.1. The number of rotatable bonds is 4. The van der Waals surface area contributed by atoms with Crippen molar-refractivity contribution in [2.24, 2.45) is 12.0 Å². The second kappa shape index (κ2) is 5.88. The van der Waals surface area contributed by atoms with Crippen LogP contribution in [0, 0.1) is 0 Å². The van der Waals surface area contributed by atoms with Crippen LogP contribution in [0.2, 0.25) is 0 Å². The van der Waals surface area contributed by atoms with Crippen molar-refractivity contribution >= 4 is 34.4 Å². The van der Waals surface area contributed by atoms with E-state index in [1.165, 1.54) is 22.7 Å². The summed E-state index contributed by atoms with van der Waals surface area (Å²) < 4.78 is 1.78. The third kappa shape index (κ3) is 3.24. The Labute approximate surface area is 112 Å². The molecular formula is C12H12N2O2S2. The molecule has 1 amide bonds. The molecular weight excluding hydrogens is 268 g/mol. The number of thiazole rings is 1. The van der Waals surface area contributed by atoms with Crippen molar-refractivity contribution in [2.45, 2.75) is 12.8 Å². The quantitative estimate of drug-likeness (QED) is 0.806. The van der Waals surface area contributed by atoms with E-state index in [0.717, 1.165) is 0 Å². The average molecular weight is 280 g/mol. The molecule has 0 unspecified atom stereocenters. The van der Waals surface area contributed by atoms with Crippen LogP contribution in [0.3, 0.4) is 0 Å². The monoisotopic (exact) mass is 280 g/mol. The lowest BCUT2D eigenvalue weighted by Crippen LogP contribution is -2.13. The van der Waals surface area contributed by atoms with Crippen LogP contribution in [0.5, 0.6) is 0 Å². The van der Waals surface area contributed by atoms with Gasteiger partial charge in [0.15, 0.2) is 10.6 Å². The van der Waals surface area contributed by atoms with Gasteiger partial charge in [-0.3, -0.25) is 9.59 Å². The van der Waals surface area contributed by atoms with Crippen LogP contribution in [-0.2, 0) is 11.8 Å². The lowest BCUT2D eigenvalue weighted by atomic mass is 10.2. The largest absolute Gasteiger partial charge is 0.327 e. The molecule has 0 radical (unpaired) electrons. The number of carbonyl (C=O) groups is 2. The second-order valence-electron chi connectivity index (χ2n) is 3.70. The highest BCUT2D eigenvalue weighted by Crippen LogP contribution is 2.12. The number of Topliss-reactive ketones (excluding diaryl/α,β-unsaturated/α-hetero) is 1. The lowest BCUT2D eigenvalue weighted by Gasteiger charge is -1.95. The van der Waals surface area contributed by atoms with Crippen molar-refractivity contribution in [1.82, 2.24) is 4.57 Å². The van der Waals surface area contributed by atoms with Gasteiger partial charge in [-0.1, -0.05) is 6.07 Å². The predicted molar refractivity (Wildman–Crippen MR) is 71.7 cm³/mol. The number of amides is 1. The van der Waals surface area contributed by atoms with Gasteiger partial charge in [-0.05, 0) is 11.4 Å². The summed E-state index contributed by atoms with van der Waals surface area (Å²) in [5.41, 5.74) is 0. The predicted octanol–water partition coefficient (Wildman–Crippen LogP) is 2.24. The van der Waals surface area contributed by atoms with Crippen LogP contribution in [0.4, 0.5) is 0 Å². The highest BCUT2D eigenvalue weighted by Gasteiger charge is 2.09. The molecule has 0 atom stereocenters. The van der Waals surface area contributed by atoms with Gasteiger partial charge >= 0.3 is 0 Å². The SMILES string of the molecule is Cn1ccsc1=NC(=O)CCC(=O)c1cccs1. The van der Waals surface area contributed by atoms with Gasteiger partial charge in [0.25, 0.3) is 0 Å². The Morgan fingerprint density at radius 2 is 2.11 bits per heavy atom. The summed E-state index contributed by atoms with van der Waals surface area (Å²) in [6, 6.07) is 3.60. The summed E-state index contributed by atoms with van der Waals surface area (Å²) in [6.07, 6.45) is 2.22. The maximum absolute atomic E-state index is 11.7. The molecule has 0 aliphatic carbocycles. The van der Waals surface area contributed by atoms with Crippen LogP contribution >= 0.6 is 22.7 Å². The molecule has 0 aliphatic heterocycles. The van der Waals surface area contributed by atoms with Crippen LogP contribution in [-0.4, -0.2) is 16.3 Å². The minimum Gasteiger partial charge on any atom is -0.327 e. The van der Waals surface area contributed by atoms with Crippen molar-refractivity contribution in [2.75, 3.05) is 0 Å². The first-order valence-corrected chi connectivity index (χ1v) is 7.17. The van der Waals surface area contributed by atoms with E-state index in [-0.39, 0.29) is 24.5 Å². The molecule has 2 aromatic heterocycles. The minimum absolute atomic E-state index is 0.00380. The zero-order chi connectivity index (χ0) is 13.0. The van der Waals surface area contributed by atoms with Gasteiger partial charge in [0.1, 0.15) is 0 Å². The molecule has 2 aromatic rings. The van der Waals surface area contributed by atoms with E-state index in [9.17, 15) is 9.59 Å². The molecule has 0 saturated carbocycles. The molecule has 0 spiro atoms. The standard InChI is InChI=1S/C12H12N2O2S2/c1-14-6-8-18-12(14)13-11(16)5-4-9(15)10-3-2-7-17-10/h2-3,6-8H,4-5H2,1H3. The van der Waals surface area contributed by atoms with Crippen LogP contribution < -0.4 is 4.80 Å². The van der Waals surface area contributed by atoms with Gasteiger partial charge < -0.3 is 4.57 Å². The fraction of sp³-hybridized carbons (Fsp3) is 0.250. The van der Waals surface area contributed by atoms with Crippen molar-refractivity contribution < 1.29 is 9.59 Å². The summed E-state index contributed by atoms with van der Waals surface area (Å²) in [5.74, 6) is -0.248. The zero-order valence-electron chi connectivity index (χ0n) is 9.83. The first-order chi connectivity index (χ1) is 8.66. The van der Waals surface area contributed by atoms with Gasteiger partial charge in [0.05, 0.1) is 4.88 Å². The van der Waals surface area contributed by atoms with Gasteiger partial charge in [-0.25, -0.2) is 0 Å². The summed E-state index contributed by atoms with van der Waals surface area (Å²) in [5, 5.41) is 3.72. The third-order valence-corrected chi connectivity index (χ3v) is 4.10. The van der Waals surface area contributed by atoms with E-state index < -0.39 is 0 Å². The lowest BCUT2D eigenvalue weighted by molar-refractivity contribution is -0.118. The number of ketones is 1. The third-order valence-electron chi connectivity index (χ3n) is 2.34. The minimum atomic E-state index is -0.252. The number of carbonyl (C=O) groups excluding carboxylic acids is 2. The molecule has 18 heavy (non-hydrogen) atoms. The zero-order valence-corrected chi connectivity index (χ0v) is 11.5. The number of hydrogen-bond donors (Lipinski definition) is 0. The summed E-state index contributed by atoms with van der Waals surface area (Å²) in [4.78, 5) is 28.6. The van der Waals surface area contributed by atoms with Crippen molar-refractivity contribution in [3.05, 3.63) is 38.8 Å². The Morgan fingerprint density at radius 1 is 1.28 bits per heavy atom. The normalized spacial score (nSPS) is 11.7. The van der Waals surface area contributed by atoms with Gasteiger partial charge in [-0.15, -0.1) is 22.7 Å². The Kier molecular flexibility index (Phi) is 4.22. The smallest absolute Gasteiger partial charge is 0.248 e. The van der Waals surface area contributed by atoms with E-state index in [2.05, 4.69) is 4.99 Å². The molecule has 0 aromatic carbocycles. The van der Waals surface area contributed by atoms with Gasteiger partial charge in [-0.2, -0.15) is 4.99 Å². The molecule has 2 rings (SSSR count). The summed E-state index contributed by atoms with van der Waals surface area (Å²) >= 11 is 2.80. The number of aryl methyl sites for hydroxylation is 1. The van der Waals surface area contributed by atoms with Gasteiger partial charge in [0, 0.05) is 31.5 Å². The molecule has 0 N–H and O–H groups in total. The number of aromatic nitrogens is 1. The summed E-state index contributed by atoms with van der Waals surface area (Å²) in [7, 11) is 1.83. The molecule has 0 bridgehead atoms. The van der Waals surface area contributed by atoms with Crippen molar-refractivity contribution in [1.29, 1.82) is 0 Å². The Hall–Kier alpha value is -1.53. The molecule has 0 saturated heterocycles. The Morgan fingerprint density at radius 3 is 2.72 bits per heavy atom. The average Bonchev–Trinajstić information content (AvgIpc) is 2.99. The number of thiophene rings is 1. The molecule has 4 nitrogen and oxygen atoms in total. The molecule has 0 fully saturated rings. The first-order valence-electron chi connectivity index (χ1n) is 5.41. The molecule has 0 aliphatic rings. The molecule has 94 valence electrons. The van der Waals surface area contributed by atoms with E-state index in [1.807, 2.05) is 30.1 Å². The summed E-state index contributed by atoms with van der Waals surface area (Å²) in [6.45, 7) is 0. The van der Waals surface area contributed by atoms with Gasteiger partial charge in [0.2, 0.25) is 5.91 Å². The van der Waals surface area contributed by atoms with Crippen molar-refractivity contribution in [3.8, 4) is 0 Å². The fourth-order valence-corrected chi connectivity index (χ4v) is 2.82. The number of hydrogen-bond acceptors (Lipinski definition) is 4. The van der Waals surface area contributed by atoms with Crippen LogP contribution in [0.25, 0.3) is 0 Å². The van der Waals surface area contributed by atoms with Crippen LogP contribution in [0.15, 0.2) is 34.1 Å². The first kappa shape index (κ1) is 12.9. The second-order valence-corrected chi connectivity index (χ2v) is 5.52. The maximum Gasteiger partial charge on any atom is 0.248 e. The highest BCUT2D eigenvalue weighted by molar-refractivity contribution is 7.12. The maximum atomic E-state index is 11.7. The Bertz CT molecular complexity index is 608. The number of nitrogens with zero attached hydrogens (tertiary/aromatic N) is 2. The topological polar surface area (TPSA) is 51.4 Å². The van der Waals surface area contributed by atoms with Crippen LogP contribution in [0.1, 0.15) is 22.5 Å². The van der Waals surface area contributed by atoms with E-state index in [4.69, 9.17) is 0 Å². The molecule has 6 heteroatoms. The van der Waals surface area contributed by atoms with Crippen molar-refractivity contribution in [3.63, 3.8) is 0 Å². The fourth-order valence-electron chi connectivity index (χ4n) is 1.38. The van der Waals surface area contributed by atoms with E-state index in [0.29, 0.717) is 9.68 Å². The van der Waals surface area contributed by atoms with E-state index >= 15 is 0 Å².